The number of esters is 6. The number of aliphatic hydroxyl groups excluding tert-OH is 3. The van der Waals surface area contributed by atoms with Gasteiger partial charge in [0.05, 0.1) is 170 Å². The van der Waals surface area contributed by atoms with Crippen LogP contribution >= 0.6 is 22.9 Å². The Morgan fingerprint density at radius 2 is 0.872 bits per heavy atom. The number of ether oxygens (including phenoxy) is 6. The van der Waals surface area contributed by atoms with Crippen LogP contribution in [0.2, 0.25) is 0 Å². The van der Waals surface area contributed by atoms with Crippen LogP contribution in [-0.2, 0) is 98.9 Å². The van der Waals surface area contributed by atoms with Gasteiger partial charge in [-0.3, -0.25) is 57.5 Å². The van der Waals surface area contributed by atoms with Gasteiger partial charge in [-0.1, -0.05) is 29.0 Å². The minimum absolute atomic E-state index is 0.00464. The number of carbonyl (C=O) groups excluding carboxylic acids is 6. The third-order valence-corrected chi connectivity index (χ3v) is 20.9. The number of carbonyl (C=O) groups is 12. The predicted molar refractivity (Wildman–Crippen MR) is 512 cm³/mol. The summed E-state index contributed by atoms with van der Waals surface area (Å²) in [4.78, 5) is 153. The molecule has 45 nitrogen and oxygen atoms in total. The fraction of sp³-hybridized carbons (Fsp3) is 0.415. The maximum Gasteiger partial charge on any atom is 0.519 e. The second-order valence-electron chi connectivity index (χ2n) is 30.5. The monoisotopic (exact) mass is 1990 g/mol. The molecule has 3 heterocycles. The number of aromatic nitrogens is 4. The SMILES string of the molecule is CC(O)Cn1nc(CC#N)c(C#N)c1N=Nc1ccc(N(CCCO)CCCO)cc1.Cc1ccc2nsc(N=Nc3ccc(N(CCOC(=O)CCC(=O)O)CCOC(=O)CCC(=O)O)cc3C)c2c1.Cc1cnc(N=Nc2ccc(N(CCOC(=O)CCC(=O)O)CCOC(=O)CCC(=O)O)cc2C)s1.[C-]#[N+]C(=Cc1ccc(N(CCOC(=O)CCC(=O)O)CCOC(=O)CCC(=O)O)cc1C)[N+]#[C-]. The lowest BCUT2D eigenvalue weighted by Gasteiger charge is -2.25. The van der Waals surface area contributed by atoms with Gasteiger partial charge in [0, 0.05) is 71.6 Å². The number of benzene rings is 5. The summed E-state index contributed by atoms with van der Waals surface area (Å²) in [5.41, 5.74) is 10.5. The van der Waals surface area contributed by atoms with Crippen LogP contribution in [0.3, 0.4) is 0 Å². The van der Waals surface area contributed by atoms with Crippen LogP contribution in [0.4, 0.5) is 55.8 Å². The number of aliphatic carboxylic acids is 6. The number of carboxylic acids is 6. The van der Waals surface area contributed by atoms with Crippen molar-refractivity contribution in [3.8, 4) is 12.1 Å². The van der Waals surface area contributed by atoms with Gasteiger partial charge < -0.3 is 94.0 Å². The average Bonchev–Trinajstić information content (AvgIpc) is 1.67. The fourth-order valence-corrected chi connectivity index (χ4v) is 13.5. The van der Waals surface area contributed by atoms with E-state index in [4.69, 9.17) is 87.7 Å². The van der Waals surface area contributed by atoms with E-state index in [0.29, 0.717) is 70.1 Å². The van der Waals surface area contributed by atoms with Crippen molar-refractivity contribution in [1.82, 2.24) is 19.1 Å². The first-order chi connectivity index (χ1) is 67.4. The number of rotatable bonds is 56. The van der Waals surface area contributed by atoms with Crippen LogP contribution in [0.15, 0.2) is 140 Å². The maximum atomic E-state index is 11.8. The summed E-state index contributed by atoms with van der Waals surface area (Å²) in [5.74, 6) is -10.2. The standard InChI is InChI=1S/C27H30N4O8S.C23H28N4O8S.C23H25N3O8.C21H27N7O3/c1-17-3-5-22-20(15-17)27(40-30-22)29-28-21-6-4-19(16-18(21)2)31(11-13-38-25(36)9-7-23(32)33)12-14-39-26(37)10-8-24(34)35;1-15-13-17(3-4-18(15)25-26-23-24-14-16(2)36-23)27(9-11-34-21(32)7-5-19(28)29)10-12-35-22(33)8-6-20(30)31;1-16-14-18(5-4-17(16)15-19(24-2)25-3)26(10-12-33-22(31)8-6-20(27)28)11-13-34-23(32)9-7-21(29)30;1-16(31)15-28-21(19(14-23)20(26-28)8-9-22)25-24-17-4-6-18(7-5-17)27(10-2-12-29)11-3-13-30/h3-6,15-16H,7-14H2,1-2H3,(H,32,33)(H,34,35);3-4,13-14H,5-12H2,1-2H3,(H,28,29)(H,30,31);4-5,14-15H,6-13H2,1H3,(H,27,28)(H,29,30);4-7,16,29-31H,2-3,8,10-13,15H2,1H3. The van der Waals surface area contributed by atoms with Crippen molar-refractivity contribution >= 4 is 167 Å². The summed E-state index contributed by atoms with van der Waals surface area (Å²) in [6.07, 6.45) is 0.344. The highest BCUT2D eigenvalue weighted by Crippen LogP contribution is 2.36. The number of fused-ring (bicyclic) bond motifs is 1. The lowest BCUT2D eigenvalue weighted by atomic mass is 10.1. The molecule has 9 N–H and O–H groups in total. The average molecular weight is 1990 g/mol. The molecule has 0 aliphatic rings. The predicted octanol–water partition coefficient (Wildman–Crippen LogP) is 13.7. The summed E-state index contributed by atoms with van der Waals surface area (Å²) in [7, 11) is 0. The normalized spacial score (nSPS) is 10.9. The van der Waals surface area contributed by atoms with Crippen LogP contribution in [0.5, 0.6) is 0 Å². The molecule has 1 atom stereocenters. The summed E-state index contributed by atoms with van der Waals surface area (Å²) in [5, 5.41) is 130. The number of anilines is 4. The zero-order valence-electron chi connectivity index (χ0n) is 78.3. The Morgan fingerprint density at radius 3 is 1.23 bits per heavy atom. The molecule has 8 rings (SSSR count). The van der Waals surface area contributed by atoms with Gasteiger partial charge in [0.2, 0.25) is 5.13 Å². The number of thiazole rings is 1. The minimum Gasteiger partial charge on any atom is -0.481 e. The molecule has 1 unspecified atom stereocenters. The summed E-state index contributed by atoms with van der Waals surface area (Å²) < 4.78 is 36.5. The van der Waals surface area contributed by atoms with E-state index >= 15 is 0 Å². The van der Waals surface area contributed by atoms with Crippen molar-refractivity contribution < 1.29 is 132 Å². The zero-order valence-corrected chi connectivity index (χ0v) is 80.0. The van der Waals surface area contributed by atoms with E-state index < -0.39 is 77.7 Å². The number of nitrogens with zero attached hydrogens (tertiary/aromatic N) is 18. The van der Waals surface area contributed by atoms with Gasteiger partial charge in [-0.25, -0.2) is 9.67 Å². The highest BCUT2D eigenvalue weighted by Gasteiger charge is 2.23. The van der Waals surface area contributed by atoms with E-state index in [1.54, 1.807) is 73.5 Å². The van der Waals surface area contributed by atoms with Gasteiger partial charge in [0.15, 0.2) is 10.8 Å². The Morgan fingerprint density at radius 1 is 0.482 bits per heavy atom. The summed E-state index contributed by atoms with van der Waals surface area (Å²) >= 11 is 2.70. The number of aliphatic hydroxyl groups is 3. The van der Waals surface area contributed by atoms with Gasteiger partial charge in [-0.05, 0) is 173 Å². The van der Waals surface area contributed by atoms with E-state index in [1.165, 1.54) is 33.6 Å². The molecule has 0 radical (unpaired) electrons. The Balaban J connectivity index is 0.000000333. The molecule has 47 heteroatoms. The second kappa shape index (κ2) is 63.5. The zero-order chi connectivity index (χ0) is 104. The lowest BCUT2D eigenvalue weighted by molar-refractivity contribution is -0.147. The number of carboxylic acid groups (broad SMARTS) is 6. The highest BCUT2D eigenvalue weighted by molar-refractivity contribution is 7.15. The molecule has 0 saturated heterocycles. The number of nitriles is 2. The van der Waals surface area contributed by atoms with E-state index in [0.717, 1.165) is 55.1 Å². The Kier molecular flexibility index (Phi) is 52.0. The van der Waals surface area contributed by atoms with Crippen LogP contribution in [0, 0.1) is 70.4 Å². The minimum atomic E-state index is -1.10. The van der Waals surface area contributed by atoms with Gasteiger partial charge >= 0.3 is 77.5 Å². The van der Waals surface area contributed by atoms with Crippen molar-refractivity contribution in [2.24, 2.45) is 30.7 Å². The number of azo groups is 3. The molecule has 0 saturated carbocycles. The largest absolute Gasteiger partial charge is 0.519 e. The smallest absolute Gasteiger partial charge is 0.481 e. The Bertz CT molecular complexity index is 5740. The van der Waals surface area contributed by atoms with Crippen molar-refractivity contribution in [2.45, 2.75) is 151 Å². The molecule has 750 valence electrons. The molecular weight excluding hydrogens is 1880 g/mol. The molecule has 5 aromatic carbocycles. The first-order valence-electron chi connectivity index (χ1n) is 43.9. The van der Waals surface area contributed by atoms with Gasteiger partial charge in [0.25, 0.3) is 0 Å². The molecule has 0 bridgehead atoms. The van der Waals surface area contributed by atoms with E-state index in [2.05, 4.69) is 59.7 Å². The fourth-order valence-electron chi connectivity index (χ4n) is 12.3. The lowest BCUT2D eigenvalue weighted by Crippen LogP contribution is -2.32. The summed E-state index contributed by atoms with van der Waals surface area (Å²) in [6, 6.07) is 33.5. The van der Waals surface area contributed by atoms with Gasteiger partial charge in [-0.15, -0.1) is 30.7 Å². The third-order valence-electron chi connectivity index (χ3n) is 19.4. The Labute approximate surface area is 818 Å². The molecule has 0 spiro atoms. The molecule has 3 aromatic heterocycles. The van der Waals surface area contributed by atoms with Crippen LogP contribution < -0.4 is 19.6 Å². The van der Waals surface area contributed by atoms with Crippen LogP contribution in [0.25, 0.3) is 26.7 Å². The number of aryl methyl sites for hydroxylation is 5. The second-order valence-corrected chi connectivity index (χ2v) is 32.5. The molecule has 0 aliphatic carbocycles. The van der Waals surface area contributed by atoms with Crippen molar-refractivity contribution in [3.63, 3.8) is 0 Å². The molecule has 0 fully saturated rings. The molecule has 0 amide bonds. The van der Waals surface area contributed by atoms with Crippen molar-refractivity contribution in [2.75, 3.05) is 125 Å². The quantitative estimate of drug-likeness (QED) is 0.00740. The Hall–Kier alpha value is -16.0. The first kappa shape index (κ1) is 116. The number of hydrogen-bond acceptors (Lipinski definition) is 38. The van der Waals surface area contributed by atoms with Gasteiger partial charge in [-0.2, -0.15) is 29.7 Å². The maximum absolute atomic E-state index is 11.8. The molecule has 8 aromatic rings. The molecule has 141 heavy (non-hydrogen) atoms. The van der Waals surface area contributed by atoms with E-state index in [1.807, 2.05) is 98.2 Å². The van der Waals surface area contributed by atoms with Crippen molar-refractivity contribution in [3.05, 3.63) is 176 Å². The first-order valence-corrected chi connectivity index (χ1v) is 45.5. The molecular formula is C94H110N18O27S2. The van der Waals surface area contributed by atoms with Crippen LogP contribution in [0.1, 0.15) is 141 Å². The van der Waals surface area contributed by atoms with Crippen molar-refractivity contribution in [1.29, 1.82) is 10.5 Å². The topological polar surface area (TPSA) is 629 Å². The number of hydrogen-bond donors (Lipinski definition) is 9. The van der Waals surface area contributed by atoms with Crippen LogP contribution in [-0.4, -0.2) is 248 Å². The third kappa shape index (κ3) is 45.3. The molecule has 0 aliphatic heterocycles. The van der Waals surface area contributed by atoms with Gasteiger partial charge in [0.1, 0.15) is 64.4 Å². The van der Waals surface area contributed by atoms with E-state index in [9.17, 15) is 67.9 Å². The van der Waals surface area contributed by atoms with E-state index in [-0.39, 0.29) is 199 Å². The summed E-state index contributed by atoms with van der Waals surface area (Å²) in [6.45, 7) is 28.1. The highest BCUT2D eigenvalue weighted by atomic mass is 32.1.